The van der Waals surface area contributed by atoms with Gasteiger partial charge in [-0.25, -0.2) is 0 Å². The monoisotopic (exact) mass is 426 g/mol. The van der Waals surface area contributed by atoms with Gasteiger partial charge in [-0.3, -0.25) is 9.69 Å². The molecule has 0 radical (unpaired) electrons. The van der Waals surface area contributed by atoms with Gasteiger partial charge in [0.2, 0.25) is 0 Å². The van der Waals surface area contributed by atoms with Crippen molar-refractivity contribution in [3.05, 3.63) is 86.6 Å². The van der Waals surface area contributed by atoms with E-state index in [2.05, 4.69) is 51.3 Å². The van der Waals surface area contributed by atoms with E-state index in [0.29, 0.717) is 22.9 Å². The van der Waals surface area contributed by atoms with E-state index >= 15 is 0 Å². The summed E-state index contributed by atoms with van der Waals surface area (Å²) in [6.45, 7) is 2.37. The molecule has 1 N–H and O–H groups in total. The third-order valence-electron chi connectivity index (χ3n) is 5.39. The van der Waals surface area contributed by atoms with E-state index in [1.165, 1.54) is 16.7 Å². The Morgan fingerprint density at radius 3 is 2.83 bits per heavy atom. The van der Waals surface area contributed by atoms with Crippen LogP contribution in [0.3, 0.4) is 0 Å². The van der Waals surface area contributed by atoms with Crippen LogP contribution in [0.15, 0.2) is 59.3 Å². The molecule has 3 aromatic rings. The maximum absolute atomic E-state index is 12.9. The lowest BCUT2D eigenvalue weighted by Crippen LogP contribution is -2.40. The molecule has 0 spiro atoms. The number of carbonyl (C=O) groups excluding carboxylic acids is 1. The van der Waals surface area contributed by atoms with Gasteiger partial charge >= 0.3 is 0 Å². The van der Waals surface area contributed by atoms with E-state index in [1.807, 2.05) is 0 Å². The fourth-order valence-corrected chi connectivity index (χ4v) is 4.73. The third kappa shape index (κ3) is 4.47. The van der Waals surface area contributed by atoms with Gasteiger partial charge in [-0.15, -0.1) is 0 Å². The van der Waals surface area contributed by atoms with Gasteiger partial charge < -0.3 is 10.1 Å². The van der Waals surface area contributed by atoms with Gasteiger partial charge in [0, 0.05) is 24.7 Å². The van der Waals surface area contributed by atoms with Crippen LogP contribution in [-0.2, 0) is 13.0 Å². The Balaban J connectivity index is 1.52. The smallest absolute Gasteiger partial charge is 0.255 e. The first kappa shape index (κ1) is 20.0. The third-order valence-corrected chi connectivity index (χ3v) is 6.33. The number of nitrogens with zero attached hydrogens (tertiary/aromatic N) is 1. The first-order valence-corrected chi connectivity index (χ1v) is 10.9. The average molecular weight is 427 g/mol. The molecule has 2 aromatic carbocycles. The van der Waals surface area contributed by atoms with Gasteiger partial charge in [-0.2, -0.15) is 11.3 Å². The Bertz CT molecular complexity index is 990. The highest BCUT2D eigenvalue weighted by Gasteiger charge is 2.26. The minimum Gasteiger partial charge on any atom is -0.496 e. The second-order valence-electron chi connectivity index (χ2n) is 7.12. The molecule has 2 heterocycles. The lowest BCUT2D eigenvalue weighted by atomic mass is 9.97. The summed E-state index contributed by atoms with van der Waals surface area (Å²) < 4.78 is 5.33. The molecule has 0 saturated heterocycles. The molecule has 1 atom stereocenters. The van der Waals surface area contributed by atoms with Gasteiger partial charge in [0.05, 0.1) is 18.7 Å². The number of hydrogen-bond acceptors (Lipinski definition) is 4. The molecule has 0 fully saturated rings. The minimum absolute atomic E-state index is 0.115. The standard InChI is InChI=1S/C23H23ClN2O2S/c1-28-22-7-6-19(24)12-20(22)23(27)25-13-21(18-9-11-29-15-18)26-10-8-16-4-2-3-5-17(16)14-26/h2-7,9,11-12,15,21H,8,10,13-14H2,1H3,(H,25,27)/t21-/m0/s1. The number of methoxy groups -OCH3 is 1. The first-order valence-electron chi connectivity index (χ1n) is 9.60. The Labute approximate surface area is 180 Å². The molecule has 150 valence electrons. The van der Waals surface area contributed by atoms with Crippen LogP contribution in [-0.4, -0.2) is 31.0 Å². The lowest BCUT2D eigenvalue weighted by Gasteiger charge is -2.35. The van der Waals surface area contributed by atoms with Crippen LogP contribution in [0.1, 0.15) is 33.1 Å². The number of rotatable bonds is 6. The molecule has 0 saturated carbocycles. The van der Waals surface area contributed by atoms with E-state index in [0.717, 1.165) is 19.5 Å². The van der Waals surface area contributed by atoms with E-state index < -0.39 is 0 Å². The van der Waals surface area contributed by atoms with Gasteiger partial charge in [0.15, 0.2) is 0 Å². The fourth-order valence-electron chi connectivity index (χ4n) is 3.85. The van der Waals surface area contributed by atoms with Gasteiger partial charge in [0.25, 0.3) is 5.91 Å². The zero-order valence-electron chi connectivity index (χ0n) is 16.2. The summed E-state index contributed by atoms with van der Waals surface area (Å²) >= 11 is 7.77. The number of fused-ring (bicyclic) bond motifs is 1. The molecule has 0 unspecified atom stereocenters. The largest absolute Gasteiger partial charge is 0.496 e. The summed E-state index contributed by atoms with van der Waals surface area (Å²) in [5.74, 6) is 0.341. The Hall–Kier alpha value is -2.34. The topological polar surface area (TPSA) is 41.6 Å². The second kappa shape index (κ2) is 8.99. The summed E-state index contributed by atoms with van der Waals surface area (Å²) in [5, 5.41) is 7.86. The van der Waals surface area contributed by atoms with Crippen LogP contribution in [0.5, 0.6) is 5.75 Å². The van der Waals surface area contributed by atoms with Crippen molar-refractivity contribution in [2.24, 2.45) is 0 Å². The molecule has 1 aliphatic rings. The molecule has 0 bridgehead atoms. The number of carbonyl (C=O) groups is 1. The van der Waals surface area contributed by atoms with Crippen molar-refractivity contribution in [1.82, 2.24) is 10.2 Å². The van der Waals surface area contributed by atoms with Crippen molar-refractivity contribution in [3.63, 3.8) is 0 Å². The van der Waals surface area contributed by atoms with E-state index in [9.17, 15) is 4.79 Å². The molecule has 4 rings (SSSR count). The lowest BCUT2D eigenvalue weighted by molar-refractivity contribution is 0.0925. The fraction of sp³-hybridized carbons (Fsp3) is 0.261. The predicted molar refractivity (Wildman–Crippen MR) is 118 cm³/mol. The molecule has 29 heavy (non-hydrogen) atoms. The van der Waals surface area contributed by atoms with Crippen LogP contribution >= 0.6 is 22.9 Å². The van der Waals surface area contributed by atoms with Crippen molar-refractivity contribution in [1.29, 1.82) is 0 Å². The number of amides is 1. The molecular formula is C23H23ClN2O2S. The number of benzene rings is 2. The van der Waals surface area contributed by atoms with Gasteiger partial charge in [-0.1, -0.05) is 35.9 Å². The van der Waals surface area contributed by atoms with Gasteiger partial charge in [-0.05, 0) is 58.1 Å². The average Bonchev–Trinajstić information content (AvgIpc) is 3.28. The zero-order chi connectivity index (χ0) is 20.2. The van der Waals surface area contributed by atoms with E-state index in [-0.39, 0.29) is 11.9 Å². The second-order valence-corrected chi connectivity index (χ2v) is 8.33. The molecule has 1 amide bonds. The quantitative estimate of drug-likeness (QED) is 0.607. The zero-order valence-corrected chi connectivity index (χ0v) is 17.8. The highest BCUT2D eigenvalue weighted by Crippen LogP contribution is 2.29. The van der Waals surface area contributed by atoms with Crippen LogP contribution in [0.25, 0.3) is 0 Å². The maximum Gasteiger partial charge on any atom is 0.255 e. The van der Waals surface area contributed by atoms with Gasteiger partial charge in [0.1, 0.15) is 5.75 Å². The Morgan fingerprint density at radius 1 is 1.24 bits per heavy atom. The molecule has 6 heteroatoms. The predicted octanol–water partition coefficient (Wildman–Crippen LogP) is 4.94. The first-order chi connectivity index (χ1) is 14.2. The van der Waals surface area contributed by atoms with Crippen LogP contribution in [0.2, 0.25) is 5.02 Å². The summed E-state index contributed by atoms with van der Waals surface area (Å²) in [5.41, 5.74) is 4.46. The molecular weight excluding hydrogens is 404 g/mol. The number of ether oxygens (including phenoxy) is 1. The van der Waals surface area contributed by atoms with Crippen molar-refractivity contribution < 1.29 is 9.53 Å². The number of hydrogen-bond donors (Lipinski definition) is 1. The van der Waals surface area contributed by atoms with E-state index in [1.54, 1.807) is 36.6 Å². The molecule has 1 aromatic heterocycles. The highest BCUT2D eigenvalue weighted by atomic mass is 35.5. The Morgan fingerprint density at radius 2 is 2.07 bits per heavy atom. The molecule has 1 aliphatic heterocycles. The summed E-state index contributed by atoms with van der Waals surface area (Å²) in [7, 11) is 1.55. The van der Waals surface area contributed by atoms with E-state index in [4.69, 9.17) is 16.3 Å². The number of halogens is 1. The molecule has 4 nitrogen and oxygen atoms in total. The summed E-state index contributed by atoms with van der Waals surface area (Å²) in [6, 6.07) is 15.9. The van der Waals surface area contributed by atoms with Crippen molar-refractivity contribution >= 4 is 28.8 Å². The number of nitrogens with one attached hydrogen (secondary N) is 1. The van der Waals surface area contributed by atoms with Crippen molar-refractivity contribution in [3.8, 4) is 5.75 Å². The number of thiophene rings is 1. The molecule has 0 aliphatic carbocycles. The summed E-state index contributed by atoms with van der Waals surface area (Å²) in [4.78, 5) is 15.3. The SMILES string of the molecule is COc1ccc(Cl)cc1C(=O)NC[C@@H](c1ccsc1)N1CCc2ccccc2C1. The van der Waals surface area contributed by atoms with Crippen molar-refractivity contribution in [2.75, 3.05) is 20.2 Å². The van der Waals surface area contributed by atoms with Crippen LogP contribution in [0.4, 0.5) is 0 Å². The normalized spacial score (nSPS) is 14.8. The Kier molecular flexibility index (Phi) is 6.19. The minimum atomic E-state index is -0.179. The highest BCUT2D eigenvalue weighted by molar-refractivity contribution is 7.08. The summed E-state index contributed by atoms with van der Waals surface area (Å²) in [6.07, 6.45) is 1.02. The van der Waals surface area contributed by atoms with Crippen LogP contribution in [0, 0.1) is 0 Å². The van der Waals surface area contributed by atoms with Crippen LogP contribution < -0.4 is 10.1 Å². The van der Waals surface area contributed by atoms with Crippen molar-refractivity contribution in [2.45, 2.75) is 19.0 Å². The maximum atomic E-state index is 12.9.